The number of likely N-dealkylation sites (N-methyl/N-ethyl adjacent to an activating group) is 1. The fourth-order valence-electron chi connectivity index (χ4n) is 2.61. The standard InChI is InChI=1S/C15H22N2O2/c1-11-4-5-12(2)14(8-11)17-7-6-16(3)9-13(10-17)15(18)19/h4-5,8,13H,6-7,9-10H2,1-3H3,(H,18,19). The van der Waals surface area contributed by atoms with Gasteiger partial charge in [-0.25, -0.2) is 0 Å². The minimum Gasteiger partial charge on any atom is -0.481 e. The van der Waals surface area contributed by atoms with Crippen molar-refractivity contribution in [2.24, 2.45) is 5.92 Å². The number of hydrogen-bond acceptors (Lipinski definition) is 3. The fourth-order valence-corrected chi connectivity index (χ4v) is 2.61. The van der Waals surface area contributed by atoms with Gasteiger partial charge in [-0.1, -0.05) is 12.1 Å². The number of aryl methyl sites for hydroxylation is 2. The lowest BCUT2D eigenvalue weighted by atomic mass is 10.1. The van der Waals surface area contributed by atoms with Crippen molar-refractivity contribution in [3.05, 3.63) is 29.3 Å². The number of benzene rings is 1. The average molecular weight is 262 g/mol. The Morgan fingerprint density at radius 3 is 2.68 bits per heavy atom. The van der Waals surface area contributed by atoms with E-state index in [0.29, 0.717) is 13.1 Å². The summed E-state index contributed by atoms with van der Waals surface area (Å²) in [7, 11) is 1.99. The van der Waals surface area contributed by atoms with E-state index in [1.807, 2.05) is 7.05 Å². The number of anilines is 1. The second-order valence-corrected chi connectivity index (χ2v) is 5.53. The Hall–Kier alpha value is -1.55. The second-order valence-electron chi connectivity index (χ2n) is 5.53. The van der Waals surface area contributed by atoms with Crippen LogP contribution in [0.4, 0.5) is 5.69 Å². The summed E-state index contributed by atoms with van der Waals surface area (Å²) in [6.45, 7) is 7.14. The number of rotatable bonds is 2. The molecule has 19 heavy (non-hydrogen) atoms. The van der Waals surface area contributed by atoms with E-state index in [0.717, 1.165) is 13.1 Å². The first kappa shape index (κ1) is 13.9. The maximum absolute atomic E-state index is 11.3. The lowest BCUT2D eigenvalue weighted by Crippen LogP contribution is -2.34. The highest BCUT2D eigenvalue weighted by Crippen LogP contribution is 2.24. The third-order valence-electron chi connectivity index (χ3n) is 3.78. The van der Waals surface area contributed by atoms with Gasteiger partial charge in [-0.3, -0.25) is 4.79 Å². The predicted octanol–water partition coefficient (Wildman–Crippen LogP) is 1.76. The van der Waals surface area contributed by atoms with Gasteiger partial charge in [0.1, 0.15) is 0 Å². The van der Waals surface area contributed by atoms with Gasteiger partial charge >= 0.3 is 5.97 Å². The second kappa shape index (κ2) is 5.61. The molecule has 1 unspecified atom stereocenters. The zero-order valence-corrected chi connectivity index (χ0v) is 11.9. The van der Waals surface area contributed by atoms with E-state index in [2.05, 4.69) is 41.8 Å². The first-order chi connectivity index (χ1) is 8.97. The Morgan fingerprint density at radius 1 is 1.26 bits per heavy atom. The Balaban J connectivity index is 2.27. The molecule has 0 bridgehead atoms. The van der Waals surface area contributed by atoms with Crippen molar-refractivity contribution in [2.45, 2.75) is 13.8 Å². The van der Waals surface area contributed by atoms with Crippen LogP contribution in [0, 0.1) is 19.8 Å². The summed E-state index contributed by atoms with van der Waals surface area (Å²) in [5.74, 6) is -1.03. The Bertz CT molecular complexity index is 473. The molecule has 1 saturated heterocycles. The van der Waals surface area contributed by atoms with E-state index < -0.39 is 5.97 Å². The molecule has 4 heteroatoms. The Labute approximate surface area is 114 Å². The van der Waals surface area contributed by atoms with Crippen molar-refractivity contribution < 1.29 is 9.90 Å². The molecule has 2 rings (SSSR count). The summed E-state index contributed by atoms with van der Waals surface area (Å²) < 4.78 is 0. The van der Waals surface area contributed by atoms with Gasteiger partial charge in [-0.15, -0.1) is 0 Å². The van der Waals surface area contributed by atoms with Crippen LogP contribution in [0.1, 0.15) is 11.1 Å². The number of carboxylic acids is 1. The molecule has 1 heterocycles. The molecule has 1 fully saturated rings. The van der Waals surface area contributed by atoms with Crippen LogP contribution in [-0.2, 0) is 4.79 Å². The summed E-state index contributed by atoms with van der Waals surface area (Å²) in [6.07, 6.45) is 0. The van der Waals surface area contributed by atoms with Gasteiger partial charge in [0, 0.05) is 31.9 Å². The van der Waals surface area contributed by atoms with E-state index in [9.17, 15) is 9.90 Å². The topological polar surface area (TPSA) is 43.8 Å². The summed E-state index contributed by atoms with van der Waals surface area (Å²) in [5, 5.41) is 9.32. The third kappa shape index (κ3) is 3.26. The molecular weight excluding hydrogens is 240 g/mol. The normalized spacial score (nSPS) is 21.2. The van der Waals surface area contributed by atoms with Crippen LogP contribution < -0.4 is 4.90 Å². The maximum atomic E-state index is 11.3. The minimum absolute atomic E-state index is 0.326. The quantitative estimate of drug-likeness (QED) is 0.882. The molecule has 1 atom stereocenters. The molecule has 4 nitrogen and oxygen atoms in total. The van der Waals surface area contributed by atoms with Crippen molar-refractivity contribution >= 4 is 11.7 Å². The van der Waals surface area contributed by atoms with E-state index in [4.69, 9.17) is 0 Å². The summed E-state index contributed by atoms with van der Waals surface area (Å²) >= 11 is 0. The molecule has 0 spiro atoms. The van der Waals surface area contributed by atoms with Crippen molar-refractivity contribution in [2.75, 3.05) is 38.1 Å². The molecule has 0 aromatic heterocycles. The van der Waals surface area contributed by atoms with Crippen molar-refractivity contribution in [3.8, 4) is 0 Å². The first-order valence-electron chi connectivity index (χ1n) is 6.71. The van der Waals surface area contributed by atoms with Gasteiger partial charge < -0.3 is 14.9 Å². The molecule has 1 aromatic rings. The molecule has 0 aliphatic carbocycles. The van der Waals surface area contributed by atoms with Crippen LogP contribution in [0.25, 0.3) is 0 Å². The van der Waals surface area contributed by atoms with Crippen molar-refractivity contribution in [1.82, 2.24) is 4.90 Å². The van der Waals surface area contributed by atoms with Gasteiger partial charge in [0.2, 0.25) is 0 Å². The zero-order chi connectivity index (χ0) is 14.0. The van der Waals surface area contributed by atoms with Crippen LogP contribution in [0.2, 0.25) is 0 Å². The molecule has 0 radical (unpaired) electrons. The van der Waals surface area contributed by atoms with Crippen LogP contribution in [0.15, 0.2) is 18.2 Å². The predicted molar refractivity (Wildman–Crippen MR) is 76.8 cm³/mol. The zero-order valence-electron chi connectivity index (χ0n) is 11.9. The van der Waals surface area contributed by atoms with E-state index in [-0.39, 0.29) is 5.92 Å². The molecule has 0 amide bonds. The highest BCUT2D eigenvalue weighted by Gasteiger charge is 2.26. The van der Waals surface area contributed by atoms with Gasteiger partial charge in [0.15, 0.2) is 0 Å². The van der Waals surface area contributed by atoms with Crippen molar-refractivity contribution in [1.29, 1.82) is 0 Å². The number of carbonyl (C=O) groups is 1. The first-order valence-corrected chi connectivity index (χ1v) is 6.71. The van der Waals surface area contributed by atoms with Crippen LogP contribution in [0.3, 0.4) is 0 Å². The maximum Gasteiger partial charge on any atom is 0.309 e. The molecule has 1 aromatic carbocycles. The smallest absolute Gasteiger partial charge is 0.309 e. The van der Waals surface area contributed by atoms with Gasteiger partial charge in [0.05, 0.1) is 5.92 Å². The van der Waals surface area contributed by atoms with Crippen LogP contribution >= 0.6 is 0 Å². The molecule has 1 N–H and O–H groups in total. The van der Waals surface area contributed by atoms with Gasteiger partial charge in [-0.2, -0.15) is 0 Å². The van der Waals surface area contributed by atoms with Crippen LogP contribution in [-0.4, -0.2) is 49.2 Å². The van der Waals surface area contributed by atoms with E-state index >= 15 is 0 Å². The lowest BCUT2D eigenvalue weighted by Gasteiger charge is -2.26. The number of nitrogens with zero attached hydrogens (tertiary/aromatic N) is 2. The number of aliphatic carboxylic acids is 1. The van der Waals surface area contributed by atoms with Gasteiger partial charge in [-0.05, 0) is 38.1 Å². The third-order valence-corrected chi connectivity index (χ3v) is 3.78. The highest BCUT2D eigenvalue weighted by molar-refractivity contribution is 5.71. The SMILES string of the molecule is Cc1ccc(C)c(N2CCN(C)CC(C(=O)O)C2)c1. The Morgan fingerprint density at radius 2 is 2.00 bits per heavy atom. The summed E-state index contributed by atoms with van der Waals surface area (Å²) in [6, 6.07) is 6.35. The summed E-state index contributed by atoms with van der Waals surface area (Å²) in [4.78, 5) is 15.6. The number of hydrogen-bond donors (Lipinski definition) is 1. The molecule has 0 saturated carbocycles. The van der Waals surface area contributed by atoms with Crippen LogP contribution in [0.5, 0.6) is 0 Å². The lowest BCUT2D eigenvalue weighted by molar-refractivity contribution is -0.141. The molecule has 1 aliphatic rings. The molecular formula is C15H22N2O2. The monoisotopic (exact) mass is 262 g/mol. The van der Waals surface area contributed by atoms with E-state index in [1.54, 1.807) is 0 Å². The molecule has 104 valence electrons. The number of carboxylic acid groups (broad SMARTS) is 1. The van der Waals surface area contributed by atoms with Gasteiger partial charge in [0.25, 0.3) is 0 Å². The van der Waals surface area contributed by atoms with Crippen molar-refractivity contribution in [3.63, 3.8) is 0 Å². The largest absolute Gasteiger partial charge is 0.481 e. The highest BCUT2D eigenvalue weighted by atomic mass is 16.4. The fraction of sp³-hybridized carbons (Fsp3) is 0.533. The average Bonchev–Trinajstić information content (AvgIpc) is 2.54. The minimum atomic E-state index is -0.705. The molecule has 1 aliphatic heterocycles. The van der Waals surface area contributed by atoms with E-state index in [1.165, 1.54) is 16.8 Å². The summed E-state index contributed by atoms with van der Waals surface area (Å²) in [5.41, 5.74) is 3.59. The Kier molecular flexibility index (Phi) is 4.10.